The molecule has 4 heteroatoms. The highest BCUT2D eigenvalue weighted by Gasteiger charge is 2.12. The van der Waals surface area contributed by atoms with Crippen LogP contribution < -0.4 is 5.32 Å². The molecular weight excluding hydrogens is 270 g/mol. The standard InChI is InChI=1S/C16H15NO2S/c1-11-5-6-14(10-12(11)2)17-16(19)15-13(4-3-8-18)7-9-20-15/h5-7,9-10,18H,8H2,1-2H3,(H,17,19). The lowest BCUT2D eigenvalue weighted by Crippen LogP contribution is -2.11. The average molecular weight is 285 g/mol. The van der Waals surface area contributed by atoms with E-state index < -0.39 is 0 Å². The summed E-state index contributed by atoms with van der Waals surface area (Å²) in [5.74, 6) is 5.16. The van der Waals surface area contributed by atoms with Gasteiger partial charge in [0.25, 0.3) is 5.91 Å². The van der Waals surface area contributed by atoms with Gasteiger partial charge >= 0.3 is 0 Å². The summed E-state index contributed by atoms with van der Waals surface area (Å²) in [7, 11) is 0. The lowest BCUT2D eigenvalue weighted by molar-refractivity contribution is 0.103. The Morgan fingerprint density at radius 3 is 2.80 bits per heavy atom. The number of anilines is 1. The van der Waals surface area contributed by atoms with E-state index in [1.165, 1.54) is 16.9 Å². The molecule has 2 aromatic rings. The molecule has 2 N–H and O–H groups in total. The van der Waals surface area contributed by atoms with Gasteiger partial charge in [-0.25, -0.2) is 0 Å². The number of amides is 1. The fourth-order valence-corrected chi connectivity index (χ4v) is 2.47. The maximum Gasteiger partial charge on any atom is 0.267 e. The van der Waals surface area contributed by atoms with Crippen LogP contribution in [0.4, 0.5) is 5.69 Å². The Morgan fingerprint density at radius 2 is 2.10 bits per heavy atom. The Bertz CT molecular complexity index is 692. The molecule has 0 bridgehead atoms. The third kappa shape index (κ3) is 3.27. The molecule has 0 spiro atoms. The van der Waals surface area contributed by atoms with Gasteiger partial charge in [-0.05, 0) is 48.6 Å². The summed E-state index contributed by atoms with van der Waals surface area (Å²) >= 11 is 1.34. The van der Waals surface area contributed by atoms with Crippen LogP contribution in [-0.4, -0.2) is 17.6 Å². The number of carbonyl (C=O) groups is 1. The largest absolute Gasteiger partial charge is 0.384 e. The minimum absolute atomic E-state index is 0.175. The lowest BCUT2D eigenvalue weighted by atomic mass is 10.1. The van der Waals surface area contributed by atoms with Crippen molar-refractivity contribution < 1.29 is 9.90 Å². The number of hydrogen-bond donors (Lipinski definition) is 2. The first-order valence-electron chi connectivity index (χ1n) is 6.17. The number of nitrogens with one attached hydrogen (secondary N) is 1. The van der Waals surface area contributed by atoms with E-state index in [0.29, 0.717) is 10.4 Å². The molecule has 102 valence electrons. The monoisotopic (exact) mass is 285 g/mol. The molecule has 1 aromatic heterocycles. The maximum atomic E-state index is 12.2. The van der Waals surface area contributed by atoms with Crippen molar-refractivity contribution in [2.24, 2.45) is 0 Å². The van der Waals surface area contributed by atoms with Crippen LogP contribution in [0.2, 0.25) is 0 Å². The molecular formula is C16H15NO2S. The van der Waals surface area contributed by atoms with Crippen LogP contribution in [0, 0.1) is 25.7 Å². The van der Waals surface area contributed by atoms with Gasteiger partial charge in [0.05, 0.1) is 0 Å². The Kier molecular flexibility index (Phi) is 4.57. The SMILES string of the molecule is Cc1ccc(NC(=O)c2sccc2C#CCO)cc1C. The molecule has 1 aromatic carbocycles. The molecule has 20 heavy (non-hydrogen) atoms. The molecule has 1 heterocycles. The summed E-state index contributed by atoms with van der Waals surface area (Å²) < 4.78 is 0. The molecule has 3 nitrogen and oxygen atoms in total. The van der Waals surface area contributed by atoms with Gasteiger partial charge in [-0.3, -0.25) is 4.79 Å². The first-order chi connectivity index (χ1) is 9.61. The van der Waals surface area contributed by atoms with Gasteiger partial charge in [0.15, 0.2) is 0 Å². The summed E-state index contributed by atoms with van der Waals surface area (Å²) in [4.78, 5) is 12.8. The van der Waals surface area contributed by atoms with Gasteiger partial charge in [0.2, 0.25) is 0 Å². The summed E-state index contributed by atoms with van der Waals surface area (Å²) in [6.07, 6.45) is 0. The highest BCUT2D eigenvalue weighted by atomic mass is 32.1. The van der Waals surface area contributed by atoms with E-state index in [2.05, 4.69) is 17.2 Å². The molecule has 0 aliphatic carbocycles. The zero-order chi connectivity index (χ0) is 14.5. The quantitative estimate of drug-likeness (QED) is 0.833. The highest BCUT2D eigenvalue weighted by Crippen LogP contribution is 2.19. The molecule has 0 aliphatic heterocycles. The summed E-state index contributed by atoms with van der Waals surface area (Å²) in [5.41, 5.74) is 3.74. The molecule has 1 amide bonds. The molecule has 0 fully saturated rings. The average Bonchev–Trinajstić information content (AvgIpc) is 2.89. The van der Waals surface area contributed by atoms with Crippen LogP contribution in [0.5, 0.6) is 0 Å². The van der Waals surface area contributed by atoms with E-state index in [4.69, 9.17) is 5.11 Å². The van der Waals surface area contributed by atoms with Crippen LogP contribution in [0.1, 0.15) is 26.4 Å². The van der Waals surface area contributed by atoms with E-state index in [1.807, 2.05) is 37.4 Å². The van der Waals surface area contributed by atoms with E-state index in [1.54, 1.807) is 6.07 Å². The number of carbonyl (C=O) groups excluding carboxylic acids is 1. The predicted molar refractivity (Wildman–Crippen MR) is 82.2 cm³/mol. The number of aliphatic hydroxyl groups is 1. The molecule has 0 radical (unpaired) electrons. The molecule has 0 aliphatic rings. The number of benzene rings is 1. The number of rotatable bonds is 2. The van der Waals surface area contributed by atoms with Crippen molar-refractivity contribution in [3.8, 4) is 11.8 Å². The van der Waals surface area contributed by atoms with Crippen molar-refractivity contribution in [3.05, 3.63) is 51.2 Å². The normalized spacial score (nSPS) is 9.75. The maximum absolute atomic E-state index is 12.2. The van der Waals surface area contributed by atoms with E-state index in [9.17, 15) is 4.79 Å². The number of hydrogen-bond acceptors (Lipinski definition) is 3. The van der Waals surface area contributed by atoms with Crippen LogP contribution in [-0.2, 0) is 0 Å². The van der Waals surface area contributed by atoms with Crippen LogP contribution in [0.15, 0.2) is 29.6 Å². The van der Waals surface area contributed by atoms with Crippen molar-refractivity contribution in [2.75, 3.05) is 11.9 Å². The second kappa shape index (κ2) is 6.38. The van der Waals surface area contributed by atoms with Crippen molar-refractivity contribution >= 4 is 22.9 Å². The highest BCUT2D eigenvalue weighted by molar-refractivity contribution is 7.12. The van der Waals surface area contributed by atoms with Crippen molar-refractivity contribution in [1.29, 1.82) is 0 Å². The second-order valence-corrected chi connectivity index (χ2v) is 5.29. The molecule has 0 unspecified atom stereocenters. The Morgan fingerprint density at radius 1 is 1.30 bits per heavy atom. The molecule has 0 saturated carbocycles. The third-order valence-electron chi connectivity index (χ3n) is 2.94. The Labute approximate surface area is 122 Å². The fourth-order valence-electron chi connectivity index (χ4n) is 1.73. The Hall–Kier alpha value is -2.09. The first kappa shape index (κ1) is 14.3. The van der Waals surface area contributed by atoms with Crippen molar-refractivity contribution in [1.82, 2.24) is 0 Å². The van der Waals surface area contributed by atoms with E-state index >= 15 is 0 Å². The van der Waals surface area contributed by atoms with Crippen molar-refractivity contribution in [2.45, 2.75) is 13.8 Å². The Balaban J connectivity index is 2.20. The first-order valence-corrected chi connectivity index (χ1v) is 7.05. The van der Waals surface area contributed by atoms with Crippen molar-refractivity contribution in [3.63, 3.8) is 0 Å². The summed E-state index contributed by atoms with van der Waals surface area (Å²) in [6, 6.07) is 7.58. The fraction of sp³-hybridized carbons (Fsp3) is 0.188. The third-order valence-corrected chi connectivity index (χ3v) is 3.85. The van der Waals surface area contributed by atoms with Gasteiger partial charge in [0.1, 0.15) is 11.5 Å². The van der Waals surface area contributed by atoms with Crippen LogP contribution in [0.3, 0.4) is 0 Å². The predicted octanol–water partition coefficient (Wildman–Crippen LogP) is 2.96. The zero-order valence-corrected chi connectivity index (χ0v) is 12.2. The number of thiophene rings is 1. The topological polar surface area (TPSA) is 49.3 Å². The molecule has 0 atom stereocenters. The number of aryl methyl sites for hydroxylation is 2. The van der Waals surface area contributed by atoms with Crippen LogP contribution >= 0.6 is 11.3 Å². The minimum atomic E-state index is -0.214. The van der Waals surface area contributed by atoms with Gasteiger partial charge in [0, 0.05) is 11.3 Å². The molecule has 2 rings (SSSR count). The van der Waals surface area contributed by atoms with Gasteiger partial charge in [-0.2, -0.15) is 0 Å². The zero-order valence-electron chi connectivity index (χ0n) is 11.4. The lowest BCUT2D eigenvalue weighted by Gasteiger charge is -2.07. The van der Waals surface area contributed by atoms with Crippen LogP contribution in [0.25, 0.3) is 0 Å². The second-order valence-electron chi connectivity index (χ2n) is 4.38. The summed E-state index contributed by atoms with van der Waals surface area (Å²) in [5, 5.41) is 13.4. The van der Waals surface area contributed by atoms with E-state index in [0.717, 1.165) is 11.3 Å². The van der Waals surface area contributed by atoms with Gasteiger partial charge < -0.3 is 10.4 Å². The minimum Gasteiger partial charge on any atom is -0.384 e. The van der Waals surface area contributed by atoms with E-state index in [-0.39, 0.29) is 12.5 Å². The molecule has 0 saturated heterocycles. The van der Waals surface area contributed by atoms with Gasteiger partial charge in [-0.1, -0.05) is 17.9 Å². The smallest absolute Gasteiger partial charge is 0.267 e. The van der Waals surface area contributed by atoms with Gasteiger partial charge in [-0.15, -0.1) is 11.3 Å². The number of aliphatic hydroxyl groups excluding tert-OH is 1. The summed E-state index contributed by atoms with van der Waals surface area (Å²) in [6.45, 7) is 3.82.